The summed E-state index contributed by atoms with van der Waals surface area (Å²) in [6.45, 7) is 6.41. The number of rotatable bonds is 5. The van der Waals surface area contributed by atoms with E-state index in [0.717, 1.165) is 0 Å². The maximum absolute atomic E-state index is 11.6. The molecule has 1 amide bonds. The minimum atomic E-state index is -0.454. The Balaban J connectivity index is 2.40. The lowest BCUT2D eigenvalue weighted by Crippen LogP contribution is -2.29. The second-order valence-corrected chi connectivity index (χ2v) is 4.07. The molecule has 1 aromatic rings. The van der Waals surface area contributed by atoms with Gasteiger partial charge in [-0.25, -0.2) is 4.98 Å². The minimum absolute atomic E-state index is 0.167. The van der Waals surface area contributed by atoms with Gasteiger partial charge in [0, 0.05) is 12.8 Å². The molecule has 0 bridgehead atoms. The number of anilines is 1. The Morgan fingerprint density at radius 3 is 2.75 bits per heavy atom. The molecule has 88 valence electrons. The van der Waals surface area contributed by atoms with Gasteiger partial charge in [0.05, 0.1) is 0 Å². The number of carbonyl (C=O) groups excluding carboxylic acids is 1. The Bertz CT molecular complexity index is 325. The fourth-order valence-electron chi connectivity index (χ4n) is 1.08. The number of amides is 1. The van der Waals surface area contributed by atoms with E-state index in [-0.39, 0.29) is 5.91 Å². The number of carbonyl (C=O) groups is 1. The number of aromatic nitrogens is 1. The summed E-state index contributed by atoms with van der Waals surface area (Å²) < 4.78 is 5.40. The van der Waals surface area contributed by atoms with Crippen LogP contribution in [0, 0.1) is 5.92 Å². The van der Waals surface area contributed by atoms with Crippen LogP contribution >= 0.6 is 0 Å². The van der Waals surface area contributed by atoms with E-state index in [1.165, 1.54) is 0 Å². The maximum Gasteiger partial charge on any atom is 0.254 e. The molecule has 0 aliphatic rings. The average Bonchev–Trinajstić information content (AvgIpc) is 2.27. The van der Waals surface area contributed by atoms with Crippen molar-refractivity contribution in [3.8, 4) is 0 Å². The molecule has 0 spiro atoms. The summed E-state index contributed by atoms with van der Waals surface area (Å²) in [5.74, 6) is 0.803. The van der Waals surface area contributed by atoms with Gasteiger partial charge in [0.2, 0.25) is 0 Å². The predicted octanol–water partition coefficient (Wildman–Crippen LogP) is 2.08. The van der Waals surface area contributed by atoms with Crippen LogP contribution in [0.4, 0.5) is 5.82 Å². The average molecular weight is 222 g/mol. The molecule has 0 aliphatic carbocycles. The highest BCUT2D eigenvalue weighted by atomic mass is 16.5. The van der Waals surface area contributed by atoms with Crippen molar-refractivity contribution in [2.45, 2.75) is 26.9 Å². The Kier molecular flexibility index (Phi) is 4.92. The van der Waals surface area contributed by atoms with Crippen molar-refractivity contribution in [3.63, 3.8) is 0 Å². The maximum atomic E-state index is 11.6. The topological polar surface area (TPSA) is 51.2 Å². The summed E-state index contributed by atoms with van der Waals surface area (Å²) in [7, 11) is 0. The number of nitrogens with one attached hydrogen (secondary N) is 1. The number of nitrogens with zero attached hydrogens (tertiary/aromatic N) is 1. The van der Waals surface area contributed by atoms with Crippen molar-refractivity contribution in [1.82, 2.24) is 4.98 Å². The standard InChI is InChI=1S/C12H18N2O2/c1-9(2)8-16-10(3)12(15)14-11-6-4-5-7-13-11/h4-7,9-10H,8H2,1-3H3,(H,13,14,15)/t10-/m1/s1. The molecule has 1 atom stereocenters. The van der Waals surface area contributed by atoms with Crippen LogP contribution in [0.3, 0.4) is 0 Å². The molecule has 1 rings (SSSR count). The fourth-order valence-corrected chi connectivity index (χ4v) is 1.08. The van der Waals surface area contributed by atoms with Crippen LogP contribution in [0.5, 0.6) is 0 Å². The highest BCUT2D eigenvalue weighted by Gasteiger charge is 2.14. The molecule has 1 heterocycles. The second-order valence-electron chi connectivity index (χ2n) is 4.07. The van der Waals surface area contributed by atoms with Crippen LogP contribution < -0.4 is 5.32 Å². The fraction of sp³-hybridized carbons (Fsp3) is 0.500. The Morgan fingerprint density at radius 1 is 1.44 bits per heavy atom. The summed E-state index contributed by atoms with van der Waals surface area (Å²) in [5, 5.41) is 2.69. The zero-order valence-corrected chi connectivity index (χ0v) is 9.93. The van der Waals surface area contributed by atoms with Gasteiger partial charge in [-0.3, -0.25) is 4.79 Å². The summed E-state index contributed by atoms with van der Waals surface area (Å²) >= 11 is 0. The highest BCUT2D eigenvalue weighted by Crippen LogP contribution is 2.03. The molecule has 1 N–H and O–H groups in total. The third-order valence-corrected chi connectivity index (χ3v) is 1.96. The van der Waals surface area contributed by atoms with Gasteiger partial charge in [-0.15, -0.1) is 0 Å². The molecule has 1 aromatic heterocycles. The molecule has 4 nitrogen and oxygen atoms in total. The summed E-state index contributed by atoms with van der Waals surface area (Å²) in [5.41, 5.74) is 0. The van der Waals surface area contributed by atoms with E-state index in [4.69, 9.17) is 4.74 Å². The number of pyridine rings is 1. The van der Waals surface area contributed by atoms with Crippen LogP contribution in [0.25, 0.3) is 0 Å². The van der Waals surface area contributed by atoms with E-state index in [2.05, 4.69) is 10.3 Å². The van der Waals surface area contributed by atoms with E-state index in [9.17, 15) is 4.79 Å². The quantitative estimate of drug-likeness (QED) is 0.829. The first-order valence-corrected chi connectivity index (χ1v) is 5.43. The minimum Gasteiger partial charge on any atom is -0.368 e. The van der Waals surface area contributed by atoms with Crippen molar-refractivity contribution in [2.24, 2.45) is 5.92 Å². The molecule has 0 aromatic carbocycles. The molecule has 0 saturated carbocycles. The van der Waals surface area contributed by atoms with E-state index in [0.29, 0.717) is 18.3 Å². The zero-order valence-electron chi connectivity index (χ0n) is 9.93. The lowest BCUT2D eigenvalue weighted by Gasteiger charge is -2.14. The van der Waals surface area contributed by atoms with E-state index in [1.807, 2.05) is 19.9 Å². The molecule has 4 heteroatoms. The van der Waals surface area contributed by atoms with Crippen LogP contribution in [-0.4, -0.2) is 23.6 Å². The third-order valence-electron chi connectivity index (χ3n) is 1.96. The lowest BCUT2D eigenvalue weighted by atomic mass is 10.2. The molecule has 0 fully saturated rings. The van der Waals surface area contributed by atoms with Crippen LogP contribution in [0.1, 0.15) is 20.8 Å². The van der Waals surface area contributed by atoms with Gasteiger partial charge in [0.15, 0.2) is 0 Å². The molecule has 0 saturated heterocycles. The molecule has 0 radical (unpaired) electrons. The summed E-state index contributed by atoms with van der Waals surface area (Å²) in [6.07, 6.45) is 1.18. The van der Waals surface area contributed by atoms with Gasteiger partial charge < -0.3 is 10.1 Å². The number of hydrogen-bond acceptors (Lipinski definition) is 3. The molecule has 0 aliphatic heterocycles. The van der Waals surface area contributed by atoms with Crippen LogP contribution in [0.15, 0.2) is 24.4 Å². The Hall–Kier alpha value is -1.42. The van der Waals surface area contributed by atoms with Gasteiger partial charge in [-0.1, -0.05) is 19.9 Å². The molecular weight excluding hydrogens is 204 g/mol. The van der Waals surface area contributed by atoms with Crippen molar-refractivity contribution in [3.05, 3.63) is 24.4 Å². The monoisotopic (exact) mass is 222 g/mol. The molecule has 16 heavy (non-hydrogen) atoms. The Labute approximate surface area is 96.0 Å². The van der Waals surface area contributed by atoms with E-state index >= 15 is 0 Å². The highest BCUT2D eigenvalue weighted by molar-refractivity contribution is 5.92. The SMILES string of the molecule is CC(C)CO[C@H](C)C(=O)Nc1ccccn1. The summed E-state index contributed by atoms with van der Waals surface area (Å²) in [4.78, 5) is 15.7. The smallest absolute Gasteiger partial charge is 0.254 e. The molecule has 0 unspecified atom stereocenters. The van der Waals surface area contributed by atoms with Crippen molar-refractivity contribution >= 4 is 11.7 Å². The van der Waals surface area contributed by atoms with Crippen molar-refractivity contribution in [1.29, 1.82) is 0 Å². The van der Waals surface area contributed by atoms with Gasteiger partial charge in [0.1, 0.15) is 11.9 Å². The Morgan fingerprint density at radius 2 is 2.19 bits per heavy atom. The van der Waals surface area contributed by atoms with E-state index in [1.54, 1.807) is 25.3 Å². The van der Waals surface area contributed by atoms with Crippen molar-refractivity contribution in [2.75, 3.05) is 11.9 Å². The number of ether oxygens (including phenoxy) is 1. The normalized spacial score (nSPS) is 12.5. The van der Waals surface area contributed by atoms with Gasteiger partial charge in [-0.2, -0.15) is 0 Å². The predicted molar refractivity (Wildman–Crippen MR) is 63.1 cm³/mol. The van der Waals surface area contributed by atoms with E-state index < -0.39 is 6.10 Å². The molecular formula is C12H18N2O2. The van der Waals surface area contributed by atoms with Gasteiger partial charge in [0.25, 0.3) is 5.91 Å². The van der Waals surface area contributed by atoms with Crippen molar-refractivity contribution < 1.29 is 9.53 Å². The second kappa shape index (κ2) is 6.23. The zero-order chi connectivity index (χ0) is 12.0. The largest absolute Gasteiger partial charge is 0.368 e. The first-order chi connectivity index (χ1) is 7.59. The lowest BCUT2D eigenvalue weighted by molar-refractivity contribution is -0.126. The summed E-state index contributed by atoms with van der Waals surface area (Å²) in [6, 6.07) is 5.36. The third kappa shape index (κ3) is 4.40. The van der Waals surface area contributed by atoms with Gasteiger partial charge >= 0.3 is 0 Å². The van der Waals surface area contributed by atoms with Crippen LogP contribution in [-0.2, 0) is 9.53 Å². The first kappa shape index (κ1) is 12.6. The van der Waals surface area contributed by atoms with Gasteiger partial charge in [-0.05, 0) is 25.0 Å². The first-order valence-electron chi connectivity index (χ1n) is 5.43. The number of hydrogen-bond donors (Lipinski definition) is 1. The van der Waals surface area contributed by atoms with Crippen LogP contribution in [0.2, 0.25) is 0 Å².